The second-order valence-electron chi connectivity index (χ2n) is 3.21. The highest BCUT2D eigenvalue weighted by Crippen LogP contribution is 2.25. The number of rotatable bonds is 0. The number of H-pyrrole nitrogens is 1. The van der Waals surface area contributed by atoms with Crippen molar-refractivity contribution in [3.05, 3.63) is 23.5 Å². The minimum absolute atomic E-state index is 0.173. The van der Waals surface area contributed by atoms with Crippen LogP contribution < -0.4 is 0 Å². The molecule has 1 N–H and O–H groups in total. The molecule has 3 heterocycles. The first-order valence-corrected chi connectivity index (χ1v) is 5.44. The number of aromatic amines is 1. The molecule has 2 aromatic heterocycles. The van der Waals surface area contributed by atoms with Gasteiger partial charge in [-0.1, -0.05) is 0 Å². The van der Waals surface area contributed by atoms with Crippen LogP contribution in [0.4, 0.5) is 0 Å². The minimum Gasteiger partial charge on any atom is -0.293 e. The van der Waals surface area contributed by atoms with E-state index in [4.69, 9.17) is 0 Å². The third-order valence-electron chi connectivity index (χ3n) is 2.28. The van der Waals surface area contributed by atoms with Crippen molar-refractivity contribution in [1.29, 1.82) is 0 Å². The predicted octanol–water partition coefficient (Wildman–Crippen LogP) is 1.39. The van der Waals surface area contributed by atoms with E-state index in [2.05, 4.69) is 15.2 Å². The number of nitrogens with zero attached hydrogens (tertiary/aromatic N) is 2. The van der Waals surface area contributed by atoms with Crippen molar-refractivity contribution in [3.63, 3.8) is 0 Å². The lowest BCUT2D eigenvalue weighted by Gasteiger charge is -2.12. The minimum atomic E-state index is 0.173. The summed E-state index contributed by atoms with van der Waals surface area (Å²) >= 11 is 1.61. The van der Waals surface area contributed by atoms with Gasteiger partial charge in [0.2, 0.25) is 0 Å². The number of pyridine rings is 1. The zero-order valence-electron chi connectivity index (χ0n) is 7.28. The summed E-state index contributed by atoms with van der Waals surface area (Å²) in [6.07, 6.45) is 1.69. The fourth-order valence-corrected chi connectivity index (χ4v) is 2.44. The van der Waals surface area contributed by atoms with Crippen LogP contribution in [0, 0.1) is 0 Å². The first-order valence-electron chi connectivity index (χ1n) is 4.28. The lowest BCUT2D eigenvalue weighted by molar-refractivity contribution is 0.102. The van der Waals surface area contributed by atoms with Gasteiger partial charge in [-0.15, -0.1) is 11.8 Å². The molecule has 0 amide bonds. The van der Waals surface area contributed by atoms with Gasteiger partial charge in [0, 0.05) is 16.7 Å². The van der Waals surface area contributed by atoms with Gasteiger partial charge in [0.15, 0.2) is 11.4 Å². The maximum Gasteiger partial charge on any atom is 0.174 e. The molecule has 1 aliphatic rings. The number of hydrogen-bond acceptors (Lipinski definition) is 4. The molecule has 0 atom stereocenters. The second-order valence-corrected chi connectivity index (χ2v) is 4.19. The van der Waals surface area contributed by atoms with Gasteiger partial charge in [-0.25, -0.2) is 4.98 Å². The van der Waals surface area contributed by atoms with Gasteiger partial charge in [0.05, 0.1) is 17.6 Å². The molecular weight excluding hydrogens is 198 g/mol. The van der Waals surface area contributed by atoms with Gasteiger partial charge < -0.3 is 0 Å². The molecule has 0 saturated heterocycles. The van der Waals surface area contributed by atoms with E-state index in [-0.39, 0.29) is 5.78 Å². The molecule has 0 aromatic carbocycles. The van der Waals surface area contributed by atoms with Crippen molar-refractivity contribution < 1.29 is 4.79 Å². The lowest BCUT2D eigenvalue weighted by atomic mass is 10.1. The fourth-order valence-electron chi connectivity index (χ4n) is 1.59. The molecule has 3 rings (SSSR count). The molecule has 0 saturated carbocycles. The van der Waals surface area contributed by atoms with E-state index in [9.17, 15) is 4.79 Å². The van der Waals surface area contributed by atoms with E-state index in [1.807, 2.05) is 6.07 Å². The molecule has 0 radical (unpaired) electrons. The van der Waals surface area contributed by atoms with Gasteiger partial charge in [-0.05, 0) is 6.07 Å². The molecule has 70 valence electrons. The number of fused-ring (bicyclic) bond motifs is 2. The number of nitrogens with one attached hydrogen (secondary N) is 1. The number of hydrogen-bond donors (Lipinski definition) is 1. The van der Waals surface area contributed by atoms with Gasteiger partial charge in [0.25, 0.3) is 0 Å². The van der Waals surface area contributed by atoms with Crippen LogP contribution in [0.25, 0.3) is 11.0 Å². The van der Waals surface area contributed by atoms with Crippen molar-refractivity contribution in [3.8, 4) is 0 Å². The Morgan fingerprint density at radius 2 is 2.36 bits per heavy atom. The maximum absolute atomic E-state index is 11.6. The monoisotopic (exact) mass is 205 g/mol. The number of carbonyl (C=O) groups is 1. The first-order chi connectivity index (χ1) is 6.84. The van der Waals surface area contributed by atoms with Gasteiger partial charge in [-0.2, -0.15) is 5.10 Å². The smallest absolute Gasteiger partial charge is 0.174 e. The topological polar surface area (TPSA) is 58.6 Å². The molecule has 0 aliphatic carbocycles. The normalized spacial score (nSPS) is 15.9. The maximum atomic E-state index is 11.6. The van der Waals surface area contributed by atoms with Crippen LogP contribution in [0.2, 0.25) is 0 Å². The summed E-state index contributed by atoms with van der Waals surface area (Å²) < 4.78 is 0. The molecule has 5 heteroatoms. The molecule has 14 heavy (non-hydrogen) atoms. The van der Waals surface area contributed by atoms with E-state index in [1.165, 1.54) is 0 Å². The van der Waals surface area contributed by atoms with Crippen molar-refractivity contribution in [1.82, 2.24) is 15.2 Å². The Labute approximate surface area is 84.1 Å². The van der Waals surface area contributed by atoms with Gasteiger partial charge in [-0.3, -0.25) is 9.89 Å². The van der Waals surface area contributed by atoms with E-state index < -0.39 is 0 Å². The zero-order valence-corrected chi connectivity index (χ0v) is 8.10. The number of carbonyl (C=O) groups excluding carboxylic acids is 1. The Balaban J connectivity index is 2.32. The summed E-state index contributed by atoms with van der Waals surface area (Å²) in [5.74, 6) is 1.56. The SMILES string of the molecule is O=C1CSCc2nc3[nH]ncc3cc21. The number of Topliss-reactive ketones (excluding diaryl/α,β-unsaturated/α-hetero) is 1. The zero-order chi connectivity index (χ0) is 9.54. The Hall–Kier alpha value is -1.36. The third-order valence-corrected chi connectivity index (χ3v) is 3.22. The van der Waals surface area contributed by atoms with Gasteiger partial charge in [0.1, 0.15) is 0 Å². The van der Waals surface area contributed by atoms with Crippen LogP contribution >= 0.6 is 11.8 Å². The summed E-state index contributed by atoms with van der Waals surface area (Å²) in [5.41, 5.74) is 2.40. The first kappa shape index (κ1) is 7.99. The summed E-state index contributed by atoms with van der Waals surface area (Å²) in [5, 5.41) is 7.60. The summed E-state index contributed by atoms with van der Waals surface area (Å²) in [6, 6.07) is 1.88. The molecule has 0 spiro atoms. The standard InChI is InChI=1S/C9H7N3OS/c13-8-4-14-3-7-6(8)1-5-2-10-12-9(5)11-7/h1-2H,3-4H2,(H,10,11,12). The molecular formula is C9H7N3OS. The van der Waals surface area contributed by atoms with Gasteiger partial charge >= 0.3 is 0 Å². The molecule has 1 aliphatic heterocycles. The predicted molar refractivity (Wildman–Crippen MR) is 54.4 cm³/mol. The highest BCUT2D eigenvalue weighted by molar-refractivity contribution is 7.99. The fraction of sp³-hybridized carbons (Fsp3) is 0.222. The average Bonchev–Trinajstić information content (AvgIpc) is 2.62. The molecule has 0 unspecified atom stereocenters. The van der Waals surface area contributed by atoms with Crippen molar-refractivity contribution in [2.75, 3.05) is 5.75 Å². The van der Waals surface area contributed by atoms with E-state index in [0.29, 0.717) is 5.75 Å². The summed E-state index contributed by atoms with van der Waals surface area (Å²) in [7, 11) is 0. The quantitative estimate of drug-likeness (QED) is 0.706. The van der Waals surface area contributed by atoms with Crippen LogP contribution in [0.3, 0.4) is 0 Å². The highest BCUT2D eigenvalue weighted by atomic mass is 32.2. The van der Waals surface area contributed by atoms with Crippen molar-refractivity contribution >= 4 is 28.6 Å². The molecule has 4 nitrogen and oxygen atoms in total. The Bertz CT molecular complexity index is 520. The van der Waals surface area contributed by atoms with Crippen molar-refractivity contribution in [2.24, 2.45) is 0 Å². The Morgan fingerprint density at radius 3 is 3.29 bits per heavy atom. The van der Waals surface area contributed by atoms with Crippen LogP contribution in [-0.4, -0.2) is 26.7 Å². The number of ketones is 1. The summed E-state index contributed by atoms with van der Waals surface area (Å²) in [4.78, 5) is 15.9. The average molecular weight is 205 g/mol. The van der Waals surface area contributed by atoms with Crippen LogP contribution in [0.5, 0.6) is 0 Å². The summed E-state index contributed by atoms with van der Waals surface area (Å²) in [6.45, 7) is 0. The van der Waals surface area contributed by atoms with Crippen LogP contribution in [-0.2, 0) is 5.75 Å². The molecule has 0 bridgehead atoms. The molecule has 0 fully saturated rings. The van der Waals surface area contributed by atoms with Crippen molar-refractivity contribution in [2.45, 2.75) is 5.75 Å². The van der Waals surface area contributed by atoms with E-state index in [0.717, 1.165) is 28.0 Å². The molecule has 2 aromatic rings. The largest absolute Gasteiger partial charge is 0.293 e. The van der Waals surface area contributed by atoms with E-state index in [1.54, 1.807) is 18.0 Å². The number of thioether (sulfide) groups is 1. The Morgan fingerprint density at radius 1 is 1.43 bits per heavy atom. The van der Waals surface area contributed by atoms with E-state index >= 15 is 0 Å². The third kappa shape index (κ3) is 1.05. The highest BCUT2D eigenvalue weighted by Gasteiger charge is 2.19. The Kier molecular flexibility index (Phi) is 1.61. The lowest BCUT2D eigenvalue weighted by Crippen LogP contribution is -2.13. The van der Waals surface area contributed by atoms with Crippen LogP contribution in [0.15, 0.2) is 12.3 Å². The van der Waals surface area contributed by atoms with Crippen LogP contribution in [0.1, 0.15) is 16.1 Å². The second kappa shape index (κ2) is 2.81. The number of aromatic nitrogens is 3.